The molecule has 1 aromatic carbocycles. The van der Waals surface area contributed by atoms with Gasteiger partial charge in [0.25, 0.3) is 0 Å². The van der Waals surface area contributed by atoms with Gasteiger partial charge in [0.05, 0.1) is 17.5 Å². The number of aryl methyl sites for hydroxylation is 1. The van der Waals surface area contributed by atoms with Crippen LogP contribution in [0.25, 0.3) is 11.0 Å². The van der Waals surface area contributed by atoms with E-state index >= 15 is 0 Å². The van der Waals surface area contributed by atoms with Gasteiger partial charge in [-0.15, -0.1) is 0 Å². The SMILES string of the molecule is O=S(=O)(O)N[CH][C@@H]1C[C@@H](n2ccc3c(N[C@H]4CCc5ccccc54)ncnc32)C[C@@H]1O. The molecule has 2 aliphatic rings. The van der Waals surface area contributed by atoms with Crippen LogP contribution in [0.5, 0.6) is 0 Å². The Labute approximate surface area is 180 Å². The summed E-state index contributed by atoms with van der Waals surface area (Å²) in [4.78, 5) is 8.94. The average molecular weight is 443 g/mol. The highest BCUT2D eigenvalue weighted by molar-refractivity contribution is 7.83. The zero-order valence-electron chi connectivity index (χ0n) is 16.7. The fraction of sp³-hybridized carbons (Fsp3) is 0.381. The molecule has 0 spiro atoms. The quantitative estimate of drug-likeness (QED) is 0.431. The lowest BCUT2D eigenvalue weighted by atomic mass is 10.1. The van der Waals surface area contributed by atoms with Crippen LogP contribution >= 0.6 is 0 Å². The maximum Gasteiger partial charge on any atom is 0.333 e. The highest BCUT2D eigenvalue weighted by atomic mass is 32.2. The molecule has 2 heterocycles. The third kappa shape index (κ3) is 4.03. The molecule has 1 fully saturated rings. The third-order valence-electron chi connectivity index (χ3n) is 6.33. The van der Waals surface area contributed by atoms with Crippen LogP contribution in [0.15, 0.2) is 42.9 Å². The molecule has 3 aromatic rings. The lowest BCUT2D eigenvalue weighted by Crippen LogP contribution is -2.27. The first-order valence-electron chi connectivity index (χ1n) is 10.3. The van der Waals surface area contributed by atoms with Gasteiger partial charge in [-0.1, -0.05) is 24.3 Å². The predicted molar refractivity (Wildman–Crippen MR) is 115 cm³/mol. The van der Waals surface area contributed by atoms with Gasteiger partial charge >= 0.3 is 10.3 Å². The van der Waals surface area contributed by atoms with Crippen molar-refractivity contribution in [2.24, 2.45) is 5.92 Å². The number of nitrogens with one attached hydrogen (secondary N) is 2. The topological polar surface area (TPSA) is 129 Å². The monoisotopic (exact) mass is 442 g/mol. The van der Waals surface area contributed by atoms with Crippen molar-refractivity contribution >= 4 is 27.2 Å². The molecule has 0 aliphatic heterocycles. The number of rotatable bonds is 6. The number of fused-ring (bicyclic) bond motifs is 2. The fourth-order valence-electron chi connectivity index (χ4n) is 4.85. The van der Waals surface area contributed by atoms with Crippen LogP contribution in [0.3, 0.4) is 0 Å². The Balaban J connectivity index is 1.37. The van der Waals surface area contributed by atoms with Crippen LogP contribution in [0.1, 0.15) is 42.5 Å². The van der Waals surface area contributed by atoms with E-state index in [-0.39, 0.29) is 12.1 Å². The highest BCUT2D eigenvalue weighted by Crippen LogP contribution is 2.39. The summed E-state index contributed by atoms with van der Waals surface area (Å²) in [5.41, 5.74) is 3.44. The first-order chi connectivity index (χ1) is 14.9. The number of anilines is 1. The number of aromatic nitrogens is 3. The predicted octanol–water partition coefficient (Wildman–Crippen LogP) is 2.40. The Kier molecular flexibility index (Phi) is 5.17. The van der Waals surface area contributed by atoms with E-state index in [0.717, 1.165) is 29.7 Å². The highest BCUT2D eigenvalue weighted by Gasteiger charge is 2.35. The Morgan fingerprint density at radius 1 is 1.16 bits per heavy atom. The average Bonchev–Trinajstić information content (AvgIpc) is 3.43. The minimum absolute atomic E-state index is 0.0492. The maximum absolute atomic E-state index is 10.9. The van der Waals surface area contributed by atoms with E-state index < -0.39 is 22.3 Å². The fourth-order valence-corrected chi connectivity index (χ4v) is 5.20. The number of hydrogen-bond acceptors (Lipinski definition) is 6. The molecule has 0 unspecified atom stereocenters. The standard InChI is InChI=1S/C21H24N5O4S/c27-19-10-15(9-14(19)11-24-31(28,29)30)26-8-7-17-20(22-12-23-21(17)26)25-18-6-5-13-3-1-2-4-16(13)18/h1-4,7-8,11-12,14-15,18-19,24,27H,5-6,9-10H2,(H,22,23,25)(H,28,29,30)/t14-,15+,18-,19-/m0/s1. The first kappa shape index (κ1) is 20.4. The molecule has 0 saturated heterocycles. The summed E-state index contributed by atoms with van der Waals surface area (Å²) in [5, 5.41) is 14.8. The summed E-state index contributed by atoms with van der Waals surface area (Å²) in [5.74, 6) is 0.374. The van der Waals surface area contributed by atoms with Crippen molar-refractivity contribution in [2.75, 3.05) is 5.32 Å². The lowest BCUT2D eigenvalue weighted by molar-refractivity contribution is 0.143. The normalized spacial score (nSPS) is 25.7. The summed E-state index contributed by atoms with van der Waals surface area (Å²) < 4.78 is 34.7. The molecule has 10 heteroatoms. The van der Waals surface area contributed by atoms with Crippen molar-refractivity contribution in [1.82, 2.24) is 19.3 Å². The zero-order valence-corrected chi connectivity index (χ0v) is 17.5. The Morgan fingerprint density at radius 2 is 2.00 bits per heavy atom. The Hall–Kier alpha value is -2.53. The molecule has 1 saturated carbocycles. The van der Waals surface area contributed by atoms with E-state index in [2.05, 4.69) is 39.6 Å². The Morgan fingerprint density at radius 3 is 2.84 bits per heavy atom. The minimum atomic E-state index is -4.33. The molecule has 0 bridgehead atoms. The summed E-state index contributed by atoms with van der Waals surface area (Å²) in [7, 11) is -4.33. The van der Waals surface area contributed by atoms with Gasteiger partial charge in [0.15, 0.2) is 0 Å². The van der Waals surface area contributed by atoms with Gasteiger partial charge in [0, 0.05) is 24.7 Å². The van der Waals surface area contributed by atoms with Gasteiger partial charge in [-0.3, -0.25) is 4.55 Å². The van der Waals surface area contributed by atoms with E-state index in [4.69, 9.17) is 4.55 Å². The van der Waals surface area contributed by atoms with Crippen molar-refractivity contribution in [3.8, 4) is 0 Å². The summed E-state index contributed by atoms with van der Waals surface area (Å²) in [6.07, 6.45) is 5.79. The van der Waals surface area contributed by atoms with Crippen molar-refractivity contribution in [3.05, 3.63) is 60.5 Å². The lowest BCUT2D eigenvalue weighted by Gasteiger charge is -2.16. The summed E-state index contributed by atoms with van der Waals surface area (Å²) >= 11 is 0. The van der Waals surface area contributed by atoms with Crippen molar-refractivity contribution in [1.29, 1.82) is 0 Å². The number of aliphatic hydroxyl groups is 1. The second-order valence-corrected chi connectivity index (χ2v) is 9.42. The van der Waals surface area contributed by atoms with Crippen LogP contribution in [-0.4, -0.2) is 38.7 Å². The molecular weight excluding hydrogens is 418 g/mol. The Bertz CT molecular complexity index is 1210. The van der Waals surface area contributed by atoms with Gasteiger partial charge in [-0.25, -0.2) is 9.97 Å². The van der Waals surface area contributed by atoms with Crippen molar-refractivity contribution < 1.29 is 18.1 Å². The van der Waals surface area contributed by atoms with Gasteiger partial charge in [-0.2, -0.15) is 13.1 Å². The van der Waals surface area contributed by atoms with Crippen LogP contribution in [-0.2, 0) is 16.7 Å². The number of hydrogen-bond donors (Lipinski definition) is 4. The molecular formula is C21H24N5O4S. The summed E-state index contributed by atoms with van der Waals surface area (Å²) in [6, 6.07) is 10.6. The minimum Gasteiger partial charge on any atom is -0.393 e. The molecule has 1 radical (unpaired) electrons. The van der Waals surface area contributed by atoms with Crippen molar-refractivity contribution in [2.45, 2.75) is 43.9 Å². The van der Waals surface area contributed by atoms with Gasteiger partial charge in [-0.05, 0) is 42.9 Å². The van der Waals surface area contributed by atoms with Gasteiger partial charge in [0.2, 0.25) is 0 Å². The molecule has 4 N–H and O–H groups in total. The molecule has 4 atom stereocenters. The van der Waals surface area contributed by atoms with E-state index in [1.807, 2.05) is 21.6 Å². The molecule has 31 heavy (non-hydrogen) atoms. The van der Waals surface area contributed by atoms with E-state index in [9.17, 15) is 13.5 Å². The van der Waals surface area contributed by atoms with Crippen LogP contribution in [0.4, 0.5) is 5.82 Å². The van der Waals surface area contributed by atoms with E-state index in [1.165, 1.54) is 24.0 Å². The van der Waals surface area contributed by atoms with Crippen LogP contribution in [0, 0.1) is 12.5 Å². The molecule has 163 valence electrons. The number of nitrogens with zero attached hydrogens (tertiary/aromatic N) is 3. The zero-order chi connectivity index (χ0) is 21.6. The second kappa shape index (κ2) is 7.86. The van der Waals surface area contributed by atoms with Crippen molar-refractivity contribution in [3.63, 3.8) is 0 Å². The van der Waals surface area contributed by atoms with Crippen LogP contribution in [0.2, 0.25) is 0 Å². The van der Waals surface area contributed by atoms with Crippen LogP contribution < -0.4 is 10.0 Å². The smallest absolute Gasteiger partial charge is 0.333 e. The maximum atomic E-state index is 10.9. The van der Waals surface area contributed by atoms with E-state index in [1.54, 1.807) is 0 Å². The second-order valence-electron chi connectivity index (χ2n) is 8.23. The van der Waals surface area contributed by atoms with Gasteiger partial charge in [0.1, 0.15) is 17.8 Å². The molecule has 2 aromatic heterocycles. The number of aliphatic hydroxyl groups excluding tert-OH is 1. The van der Waals surface area contributed by atoms with E-state index in [0.29, 0.717) is 12.8 Å². The van der Waals surface area contributed by atoms with Gasteiger partial charge < -0.3 is 15.0 Å². The molecule has 5 rings (SSSR count). The molecule has 0 amide bonds. The molecule has 2 aliphatic carbocycles. The number of benzene rings is 1. The molecule has 9 nitrogen and oxygen atoms in total. The third-order valence-corrected chi connectivity index (χ3v) is 6.76. The first-order valence-corrected chi connectivity index (χ1v) is 11.7. The largest absolute Gasteiger partial charge is 0.393 e. The summed E-state index contributed by atoms with van der Waals surface area (Å²) in [6.45, 7) is 1.24.